The Kier molecular flexibility index (Phi) is 3.82. The molecule has 1 aliphatic rings. The zero-order valence-electron chi connectivity index (χ0n) is 13.5. The Morgan fingerprint density at radius 2 is 1.84 bits per heavy atom. The van der Waals surface area contributed by atoms with Crippen molar-refractivity contribution in [2.75, 3.05) is 5.32 Å². The van der Waals surface area contributed by atoms with Crippen LogP contribution in [0, 0.1) is 0 Å². The van der Waals surface area contributed by atoms with E-state index in [0.29, 0.717) is 17.7 Å². The molecule has 3 aromatic rings. The van der Waals surface area contributed by atoms with Crippen LogP contribution in [0.2, 0.25) is 0 Å². The Balaban J connectivity index is 1.79. The van der Waals surface area contributed by atoms with Crippen molar-refractivity contribution in [1.82, 2.24) is 9.88 Å². The molecule has 2 N–H and O–H groups in total. The summed E-state index contributed by atoms with van der Waals surface area (Å²) < 4.78 is 0. The van der Waals surface area contributed by atoms with E-state index in [0.717, 1.165) is 11.3 Å². The van der Waals surface area contributed by atoms with Gasteiger partial charge in [-0.2, -0.15) is 0 Å². The van der Waals surface area contributed by atoms with Crippen LogP contribution in [0.15, 0.2) is 73.1 Å². The van der Waals surface area contributed by atoms with Gasteiger partial charge >= 0.3 is 0 Å². The monoisotopic (exact) mass is 331 g/mol. The Labute approximate surface area is 145 Å². The molecular formula is C20H17N3O2. The second-order valence-corrected chi connectivity index (χ2v) is 5.95. The molecule has 4 rings (SSSR count). The molecule has 1 aromatic heterocycles. The third-order valence-corrected chi connectivity index (χ3v) is 4.33. The summed E-state index contributed by atoms with van der Waals surface area (Å²) in [6.45, 7) is 0.396. The standard InChI is InChI=1S/C20H17N3O2/c24-18-10-4-2-8-16(18)19-22-17-9-3-1-7-15(17)20(25)23(19)13-14-6-5-11-21-12-14/h1-12,19,22,24H,13H2/t19-/m0/s1. The summed E-state index contributed by atoms with van der Waals surface area (Å²) in [5.41, 5.74) is 2.98. The Morgan fingerprint density at radius 3 is 2.64 bits per heavy atom. The van der Waals surface area contributed by atoms with Crippen LogP contribution in [0.25, 0.3) is 0 Å². The van der Waals surface area contributed by atoms with Gasteiger partial charge < -0.3 is 15.3 Å². The van der Waals surface area contributed by atoms with Gasteiger partial charge in [0.1, 0.15) is 11.9 Å². The molecule has 1 atom stereocenters. The van der Waals surface area contributed by atoms with Gasteiger partial charge in [-0.3, -0.25) is 9.78 Å². The van der Waals surface area contributed by atoms with Crippen molar-refractivity contribution in [2.45, 2.75) is 12.7 Å². The molecule has 0 aliphatic carbocycles. The number of carbonyl (C=O) groups excluding carboxylic acids is 1. The molecule has 2 heterocycles. The first kappa shape index (κ1) is 15.2. The van der Waals surface area contributed by atoms with Gasteiger partial charge in [-0.15, -0.1) is 0 Å². The van der Waals surface area contributed by atoms with E-state index in [1.165, 1.54) is 0 Å². The Morgan fingerprint density at radius 1 is 1.04 bits per heavy atom. The minimum Gasteiger partial charge on any atom is -0.508 e. The number of nitrogens with one attached hydrogen (secondary N) is 1. The molecule has 0 fully saturated rings. The van der Waals surface area contributed by atoms with Crippen molar-refractivity contribution in [3.8, 4) is 5.75 Å². The number of para-hydroxylation sites is 2. The predicted molar refractivity (Wildman–Crippen MR) is 95.0 cm³/mol. The Hall–Kier alpha value is -3.34. The van der Waals surface area contributed by atoms with Crippen molar-refractivity contribution in [1.29, 1.82) is 0 Å². The number of aromatic nitrogens is 1. The number of hydrogen-bond acceptors (Lipinski definition) is 4. The van der Waals surface area contributed by atoms with Gasteiger partial charge in [0.15, 0.2) is 0 Å². The molecule has 2 aromatic carbocycles. The van der Waals surface area contributed by atoms with Gasteiger partial charge in [-0.1, -0.05) is 36.4 Å². The van der Waals surface area contributed by atoms with Crippen molar-refractivity contribution in [3.63, 3.8) is 0 Å². The number of hydrogen-bond donors (Lipinski definition) is 2. The third-order valence-electron chi connectivity index (χ3n) is 4.33. The number of anilines is 1. The third kappa shape index (κ3) is 2.80. The average Bonchev–Trinajstić information content (AvgIpc) is 2.65. The quantitative estimate of drug-likeness (QED) is 0.770. The number of benzene rings is 2. The zero-order valence-corrected chi connectivity index (χ0v) is 13.5. The molecule has 0 saturated heterocycles. The van der Waals surface area contributed by atoms with E-state index < -0.39 is 6.17 Å². The van der Waals surface area contributed by atoms with Gasteiger partial charge in [-0.25, -0.2) is 0 Å². The lowest BCUT2D eigenvalue weighted by Crippen LogP contribution is -2.42. The predicted octanol–water partition coefficient (Wildman–Crippen LogP) is 3.55. The normalized spacial score (nSPS) is 16.2. The van der Waals surface area contributed by atoms with Gasteiger partial charge in [0, 0.05) is 30.2 Å². The number of rotatable bonds is 3. The summed E-state index contributed by atoms with van der Waals surface area (Å²) in [5, 5.41) is 13.7. The van der Waals surface area contributed by atoms with Crippen molar-refractivity contribution >= 4 is 11.6 Å². The van der Waals surface area contributed by atoms with E-state index in [4.69, 9.17) is 0 Å². The Bertz CT molecular complexity index is 912. The molecule has 124 valence electrons. The van der Waals surface area contributed by atoms with Crippen LogP contribution in [-0.2, 0) is 6.54 Å². The smallest absolute Gasteiger partial charge is 0.258 e. The topological polar surface area (TPSA) is 65.5 Å². The minimum atomic E-state index is -0.455. The highest BCUT2D eigenvalue weighted by Crippen LogP contribution is 2.36. The number of aromatic hydroxyl groups is 1. The van der Waals surface area contributed by atoms with Crippen molar-refractivity contribution < 1.29 is 9.90 Å². The second kappa shape index (κ2) is 6.28. The second-order valence-electron chi connectivity index (χ2n) is 5.95. The highest BCUT2D eigenvalue weighted by molar-refractivity contribution is 6.01. The van der Waals surface area contributed by atoms with E-state index in [2.05, 4.69) is 10.3 Å². The number of amides is 1. The summed E-state index contributed by atoms with van der Waals surface area (Å²) in [4.78, 5) is 18.9. The number of carbonyl (C=O) groups is 1. The fourth-order valence-electron chi connectivity index (χ4n) is 3.11. The number of phenolic OH excluding ortho intramolecular Hbond substituents is 1. The fourth-order valence-corrected chi connectivity index (χ4v) is 3.11. The molecule has 0 saturated carbocycles. The van der Waals surface area contributed by atoms with Crippen LogP contribution in [-0.4, -0.2) is 20.9 Å². The van der Waals surface area contributed by atoms with Gasteiger partial charge in [0.25, 0.3) is 5.91 Å². The van der Waals surface area contributed by atoms with E-state index in [1.807, 2.05) is 48.5 Å². The summed E-state index contributed by atoms with van der Waals surface area (Å²) in [6, 6.07) is 18.3. The molecular weight excluding hydrogens is 314 g/mol. The highest BCUT2D eigenvalue weighted by Gasteiger charge is 2.33. The zero-order chi connectivity index (χ0) is 17.2. The first-order chi connectivity index (χ1) is 12.2. The summed E-state index contributed by atoms with van der Waals surface area (Å²) in [5.74, 6) is 0.0785. The maximum atomic E-state index is 13.1. The molecule has 5 nitrogen and oxygen atoms in total. The number of fused-ring (bicyclic) bond motifs is 1. The summed E-state index contributed by atoms with van der Waals surface area (Å²) >= 11 is 0. The molecule has 0 bridgehead atoms. The van der Waals surface area contributed by atoms with Crippen LogP contribution in [0.4, 0.5) is 5.69 Å². The van der Waals surface area contributed by atoms with E-state index in [9.17, 15) is 9.90 Å². The summed E-state index contributed by atoms with van der Waals surface area (Å²) in [7, 11) is 0. The first-order valence-corrected chi connectivity index (χ1v) is 8.07. The van der Waals surface area contributed by atoms with Crippen molar-refractivity contribution in [3.05, 3.63) is 89.7 Å². The first-order valence-electron chi connectivity index (χ1n) is 8.07. The molecule has 1 amide bonds. The minimum absolute atomic E-state index is 0.0774. The van der Waals surface area contributed by atoms with Crippen molar-refractivity contribution in [2.24, 2.45) is 0 Å². The number of phenols is 1. The van der Waals surface area contributed by atoms with Gasteiger partial charge in [0.2, 0.25) is 0 Å². The number of nitrogens with zero attached hydrogens (tertiary/aromatic N) is 2. The lowest BCUT2D eigenvalue weighted by molar-refractivity contribution is 0.0664. The van der Waals surface area contributed by atoms with E-state index in [1.54, 1.807) is 29.4 Å². The molecule has 0 spiro atoms. The van der Waals surface area contributed by atoms with E-state index in [-0.39, 0.29) is 11.7 Å². The van der Waals surface area contributed by atoms with Gasteiger partial charge in [0.05, 0.1) is 5.56 Å². The molecule has 25 heavy (non-hydrogen) atoms. The summed E-state index contributed by atoms with van der Waals surface area (Å²) in [6.07, 6.45) is 2.99. The molecule has 0 unspecified atom stereocenters. The van der Waals surface area contributed by atoms with Crippen LogP contribution < -0.4 is 5.32 Å². The molecule has 0 radical (unpaired) electrons. The maximum absolute atomic E-state index is 13.1. The van der Waals surface area contributed by atoms with Crippen LogP contribution in [0.5, 0.6) is 5.75 Å². The highest BCUT2D eigenvalue weighted by atomic mass is 16.3. The van der Waals surface area contributed by atoms with Crippen LogP contribution >= 0.6 is 0 Å². The maximum Gasteiger partial charge on any atom is 0.258 e. The fraction of sp³-hybridized carbons (Fsp3) is 0.100. The van der Waals surface area contributed by atoms with Crippen LogP contribution in [0.3, 0.4) is 0 Å². The van der Waals surface area contributed by atoms with Crippen LogP contribution in [0.1, 0.15) is 27.7 Å². The average molecular weight is 331 g/mol. The number of pyridine rings is 1. The van der Waals surface area contributed by atoms with Gasteiger partial charge in [-0.05, 0) is 29.8 Å². The lowest BCUT2D eigenvalue weighted by atomic mass is 10.0. The molecule has 1 aliphatic heterocycles. The largest absolute Gasteiger partial charge is 0.508 e. The molecule has 5 heteroatoms. The lowest BCUT2D eigenvalue weighted by Gasteiger charge is -2.38. The SMILES string of the molecule is O=C1c2ccccc2N[C@H](c2ccccc2O)N1Cc1cccnc1. The van der Waals surface area contributed by atoms with E-state index >= 15 is 0 Å².